The van der Waals surface area contributed by atoms with Crippen LogP contribution in [0, 0.1) is 11.3 Å². The normalized spacial score (nSPS) is 18.4. The summed E-state index contributed by atoms with van der Waals surface area (Å²) in [6, 6.07) is 1.67. The monoisotopic (exact) mass is 284 g/mol. The number of carbonyl (C=O) groups excluding carboxylic acids is 1. The molecule has 0 aromatic rings. The molecule has 0 aromatic carbocycles. The van der Waals surface area contributed by atoms with Crippen molar-refractivity contribution in [3.63, 3.8) is 0 Å². The minimum absolute atomic E-state index is 0.181. The van der Waals surface area contributed by atoms with Gasteiger partial charge in [0.15, 0.2) is 0 Å². The first-order chi connectivity index (χ1) is 9.60. The zero-order valence-electron chi connectivity index (χ0n) is 12.0. The highest BCUT2D eigenvalue weighted by atomic mass is 16.7. The molecule has 8 heteroatoms. The Bertz CT molecular complexity index is 385. The molecule has 0 aliphatic carbocycles. The quantitative estimate of drug-likeness (QED) is 0.284. The molecule has 1 fully saturated rings. The number of hydrogen-bond donors (Lipinski definition) is 0. The highest BCUT2D eigenvalue weighted by Crippen LogP contribution is 2.08. The Balaban J connectivity index is 2.69. The molecular weight excluding hydrogens is 264 g/mol. The summed E-state index contributed by atoms with van der Waals surface area (Å²) >= 11 is 0. The van der Waals surface area contributed by atoms with Crippen molar-refractivity contribution in [3.05, 3.63) is 0 Å². The number of nitriles is 1. The summed E-state index contributed by atoms with van der Waals surface area (Å²) in [6.07, 6.45) is -0.461. The lowest BCUT2D eigenvalue weighted by molar-refractivity contribution is -0.159. The van der Waals surface area contributed by atoms with Gasteiger partial charge in [0.1, 0.15) is 6.07 Å². The fourth-order valence-electron chi connectivity index (χ4n) is 1.69. The van der Waals surface area contributed by atoms with E-state index in [1.807, 2.05) is 19.0 Å². The Hall–Kier alpha value is -1.69. The van der Waals surface area contributed by atoms with Gasteiger partial charge in [-0.15, -0.1) is 0 Å². The van der Waals surface area contributed by atoms with E-state index in [0.717, 1.165) is 0 Å². The zero-order chi connectivity index (χ0) is 15.0. The van der Waals surface area contributed by atoms with Gasteiger partial charge in [-0.1, -0.05) is 5.16 Å². The molecule has 0 aromatic heterocycles. The third kappa shape index (κ3) is 4.77. The van der Waals surface area contributed by atoms with E-state index in [0.29, 0.717) is 26.3 Å². The minimum atomic E-state index is -0.783. The van der Waals surface area contributed by atoms with E-state index >= 15 is 0 Å². The van der Waals surface area contributed by atoms with Crippen LogP contribution in [-0.2, 0) is 19.1 Å². The van der Waals surface area contributed by atoms with Gasteiger partial charge in [0, 0.05) is 13.1 Å². The van der Waals surface area contributed by atoms with Gasteiger partial charge >= 0.3 is 5.97 Å². The maximum atomic E-state index is 11.4. The van der Waals surface area contributed by atoms with Crippen LogP contribution in [0.2, 0.25) is 0 Å². The van der Waals surface area contributed by atoms with E-state index in [9.17, 15) is 4.79 Å². The predicted octanol–water partition coefficient (Wildman–Crippen LogP) is -0.377. The highest BCUT2D eigenvalue weighted by Gasteiger charge is 2.25. The van der Waals surface area contributed by atoms with Crippen molar-refractivity contribution < 1.29 is 19.1 Å². The maximum absolute atomic E-state index is 11.4. The summed E-state index contributed by atoms with van der Waals surface area (Å²) in [5.41, 5.74) is -0.396. The van der Waals surface area contributed by atoms with Crippen LogP contribution in [0.1, 0.15) is 6.92 Å². The molecule has 20 heavy (non-hydrogen) atoms. The molecule has 0 spiro atoms. The number of morpholine rings is 1. The van der Waals surface area contributed by atoms with Crippen LogP contribution in [0.5, 0.6) is 0 Å². The summed E-state index contributed by atoms with van der Waals surface area (Å²) in [5, 5.41) is 12.5. The van der Waals surface area contributed by atoms with Crippen molar-refractivity contribution in [1.82, 2.24) is 9.80 Å². The number of oxime groups is 1. The summed E-state index contributed by atoms with van der Waals surface area (Å²) in [4.78, 5) is 20.6. The summed E-state index contributed by atoms with van der Waals surface area (Å²) < 4.78 is 9.98. The second-order valence-electron chi connectivity index (χ2n) is 4.32. The third-order valence-corrected chi connectivity index (χ3v) is 2.61. The van der Waals surface area contributed by atoms with Crippen molar-refractivity contribution in [2.75, 3.05) is 47.0 Å². The van der Waals surface area contributed by atoms with Gasteiger partial charge in [0.25, 0.3) is 5.71 Å². The highest BCUT2D eigenvalue weighted by molar-refractivity contribution is 6.42. The van der Waals surface area contributed by atoms with E-state index in [1.54, 1.807) is 17.9 Å². The van der Waals surface area contributed by atoms with Crippen molar-refractivity contribution in [2.45, 2.75) is 13.3 Å². The number of rotatable bonds is 6. The average Bonchev–Trinajstić information content (AvgIpc) is 2.44. The van der Waals surface area contributed by atoms with Crippen LogP contribution in [0.3, 0.4) is 0 Å². The van der Waals surface area contributed by atoms with Crippen LogP contribution in [0.4, 0.5) is 0 Å². The van der Waals surface area contributed by atoms with Crippen molar-refractivity contribution in [1.29, 1.82) is 5.26 Å². The molecule has 1 saturated heterocycles. The van der Waals surface area contributed by atoms with Crippen LogP contribution >= 0.6 is 0 Å². The van der Waals surface area contributed by atoms with Gasteiger partial charge in [-0.05, 0) is 21.0 Å². The molecule has 1 rings (SSSR count). The first-order valence-corrected chi connectivity index (χ1v) is 6.39. The lowest BCUT2D eigenvalue weighted by Crippen LogP contribution is -2.51. The number of hydrogen-bond acceptors (Lipinski definition) is 8. The van der Waals surface area contributed by atoms with Gasteiger partial charge < -0.3 is 14.3 Å². The standard InChI is InChI=1S/C12H20N4O4/c1-4-19-11(17)10(9-13)14-20-12(15(2)3)16-5-7-18-8-6-16/h12H,4-8H2,1-3H3/b14-10-. The van der Waals surface area contributed by atoms with Gasteiger partial charge in [0.05, 0.1) is 19.8 Å². The molecule has 1 aliphatic heterocycles. The van der Waals surface area contributed by atoms with E-state index < -0.39 is 18.0 Å². The topological polar surface area (TPSA) is 87.4 Å². The van der Waals surface area contributed by atoms with Gasteiger partial charge in [-0.3, -0.25) is 4.90 Å². The fourth-order valence-corrected chi connectivity index (χ4v) is 1.69. The van der Waals surface area contributed by atoms with Crippen molar-refractivity contribution >= 4 is 11.7 Å². The first kappa shape index (κ1) is 16.4. The Labute approximate surface area is 118 Å². The summed E-state index contributed by atoms with van der Waals surface area (Å²) in [5.74, 6) is -0.783. The molecule has 1 atom stereocenters. The largest absolute Gasteiger partial charge is 0.461 e. The Kier molecular flexibility index (Phi) is 6.93. The lowest BCUT2D eigenvalue weighted by atomic mass is 10.4. The van der Waals surface area contributed by atoms with Crippen LogP contribution in [-0.4, -0.2) is 74.8 Å². The second kappa shape index (κ2) is 8.47. The molecule has 1 heterocycles. The van der Waals surface area contributed by atoms with Gasteiger partial charge in [0.2, 0.25) is 6.35 Å². The van der Waals surface area contributed by atoms with Crippen LogP contribution in [0.15, 0.2) is 5.16 Å². The van der Waals surface area contributed by atoms with E-state index in [1.165, 1.54) is 0 Å². The summed E-state index contributed by atoms with van der Waals surface area (Å²) in [6.45, 7) is 4.45. The lowest BCUT2D eigenvalue weighted by Gasteiger charge is -2.35. The SMILES string of the molecule is CCOC(=O)/C(C#N)=N\OC(N(C)C)N1CCOCC1. The van der Waals surface area contributed by atoms with E-state index in [-0.39, 0.29) is 6.61 Å². The molecule has 0 N–H and O–H groups in total. The number of ether oxygens (including phenoxy) is 2. The average molecular weight is 284 g/mol. The molecule has 0 radical (unpaired) electrons. The van der Waals surface area contributed by atoms with Gasteiger partial charge in [-0.25, -0.2) is 9.69 Å². The Morgan fingerprint density at radius 2 is 2.15 bits per heavy atom. The molecule has 1 unspecified atom stereocenters. The van der Waals surface area contributed by atoms with Crippen molar-refractivity contribution in [3.8, 4) is 6.07 Å². The number of nitrogens with zero attached hydrogens (tertiary/aromatic N) is 4. The fraction of sp³-hybridized carbons (Fsp3) is 0.750. The molecule has 0 bridgehead atoms. The second-order valence-corrected chi connectivity index (χ2v) is 4.32. The zero-order valence-corrected chi connectivity index (χ0v) is 12.0. The molecule has 0 saturated carbocycles. The van der Waals surface area contributed by atoms with Crippen LogP contribution in [0.25, 0.3) is 0 Å². The summed E-state index contributed by atoms with van der Waals surface area (Å²) in [7, 11) is 3.65. The maximum Gasteiger partial charge on any atom is 0.371 e. The molecule has 112 valence electrons. The van der Waals surface area contributed by atoms with Gasteiger partial charge in [-0.2, -0.15) is 5.26 Å². The third-order valence-electron chi connectivity index (χ3n) is 2.61. The molecule has 8 nitrogen and oxygen atoms in total. The molecular formula is C12H20N4O4. The molecule has 1 aliphatic rings. The predicted molar refractivity (Wildman–Crippen MR) is 70.6 cm³/mol. The number of esters is 1. The minimum Gasteiger partial charge on any atom is -0.461 e. The first-order valence-electron chi connectivity index (χ1n) is 6.39. The number of carbonyl (C=O) groups is 1. The van der Waals surface area contributed by atoms with Crippen molar-refractivity contribution in [2.24, 2.45) is 5.16 Å². The Morgan fingerprint density at radius 1 is 1.50 bits per heavy atom. The Morgan fingerprint density at radius 3 is 2.65 bits per heavy atom. The van der Waals surface area contributed by atoms with E-state index in [4.69, 9.17) is 19.6 Å². The molecule has 0 amide bonds. The van der Waals surface area contributed by atoms with Crippen LogP contribution < -0.4 is 0 Å². The smallest absolute Gasteiger partial charge is 0.371 e. The van der Waals surface area contributed by atoms with E-state index in [2.05, 4.69) is 5.16 Å².